The molecular weight excluding hydrogens is 1050 g/mol. The van der Waals surface area contributed by atoms with Crippen LogP contribution in [0.2, 0.25) is 0 Å². The summed E-state index contributed by atoms with van der Waals surface area (Å²) in [6, 6.07) is -1.03. The van der Waals surface area contributed by atoms with Crippen LogP contribution in [-0.2, 0) is 23.8 Å². The largest absolute Gasteiger partial charge is 0.454 e. The predicted molar refractivity (Wildman–Crippen MR) is 352 cm³/mol. The quantitative estimate of drug-likeness (QED) is 0.0195. The summed E-state index contributed by atoms with van der Waals surface area (Å²) in [5.41, 5.74) is 0. The minimum Gasteiger partial charge on any atom is -0.454 e. The van der Waals surface area contributed by atoms with Crippen LogP contribution in [0.25, 0.3) is 0 Å². The molecule has 1 saturated heterocycles. The fourth-order valence-electron chi connectivity index (χ4n) is 10.7. The number of carbonyl (C=O) groups excluding carboxylic acids is 2. The maximum Gasteiger partial charge on any atom is 0.306 e. The minimum absolute atomic E-state index is 0.118. The van der Waals surface area contributed by atoms with Crippen LogP contribution < -0.4 is 5.32 Å². The Morgan fingerprint density at radius 2 is 0.821 bits per heavy atom. The zero-order valence-electron chi connectivity index (χ0n) is 54.3. The number of esters is 1. The molecule has 84 heavy (non-hydrogen) atoms. The molecule has 1 amide bonds. The van der Waals surface area contributed by atoms with E-state index in [0.29, 0.717) is 12.8 Å². The molecule has 0 bridgehead atoms. The number of allylic oxidation sites excluding steroid dienone is 11. The van der Waals surface area contributed by atoms with Crippen molar-refractivity contribution in [1.29, 1.82) is 0 Å². The summed E-state index contributed by atoms with van der Waals surface area (Å²) >= 11 is 0. The fourth-order valence-corrected chi connectivity index (χ4v) is 10.7. The van der Waals surface area contributed by atoms with Gasteiger partial charge in [0.25, 0.3) is 0 Å². The number of hydrogen-bond acceptors (Lipinski definition) is 10. The van der Waals surface area contributed by atoms with Crippen LogP contribution in [-0.4, -0.2) is 99.6 Å². The molecule has 8 unspecified atom stereocenters. The van der Waals surface area contributed by atoms with Gasteiger partial charge in [0.1, 0.15) is 24.4 Å². The molecule has 1 fully saturated rings. The van der Waals surface area contributed by atoms with Gasteiger partial charge in [-0.15, -0.1) is 0 Å². The molecular formula is C73H131NO10. The van der Waals surface area contributed by atoms with Crippen molar-refractivity contribution < 1.29 is 49.3 Å². The number of unbranched alkanes of at least 4 members (excludes halogenated alkanes) is 36. The zero-order valence-corrected chi connectivity index (χ0v) is 54.3. The number of amides is 1. The van der Waals surface area contributed by atoms with Gasteiger partial charge in [-0.05, 0) is 96.3 Å². The van der Waals surface area contributed by atoms with Gasteiger partial charge in [0.05, 0.1) is 25.4 Å². The van der Waals surface area contributed by atoms with Gasteiger partial charge < -0.3 is 45.1 Å². The van der Waals surface area contributed by atoms with Gasteiger partial charge in [-0.25, -0.2) is 0 Å². The number of ether oxygens (including phenoxy) is 3. The average molecular weight is 1180 g/mol. The van der Waals surface area contributed by atoms with E-state index in [-0.39, 0.29) is 19.4 Å². The lowest BCUT2D eigenvalue weighted by molar-refractivity contribution is -0.305. The van der Waals surface area contributed by atoms with E-state index in [1.165, 1.54) is 180 Å². The summed E-state index contributed by atoms with van der Waals surface area (Å²) in [5.74, 6) is -1.19. The Morgan fingerprint density at radius 1 is 0.464 bits per heavy atom. The van der Waals surface area contributed by atoms with Crippen molar-refractivity contribution in [1.82, 2.24) is 5.32 Å². The third kappa shape index (κ3) is 47.2. The van der Waals surface area contributed by atoms with Crippen LogP contribution in [0, 0.1) is 0 Å². The standard InChI is InChI=1S/C73H131NO10/c1-4-7-10-13-16-19-22-25-27-29-31-32-33-34-35-37-38-40-42-45-48-51-54-57-60-66(77)72(81)74-64(65(76)59-56-53-50-47-44-24-21-18-15-12-9-6-3)63-82-73-71(70(80)69(79)67(62-75)83-73)84-68(78)61-58-55-52-49-46-43-41-39-36-30-28-26-23-20-17-14-11-8-5-2/h16-17,19-20,25-28,31-32,56,59,64-67,69-71,73,75-77,79-80H,4-15,18,21-24,29-30,33-55,57-58,60-63H2,1-3H3,(H,74,81)/b19-16-,20-17-,27-25-,28-26-,32-31-,59-56+. The van der Waals surface area contributed by atoms with Gasteiger partial charge in [0, 0.05) is 6.42 Å². The lowest BCUT2D eigenvalue weighted by atomic mass is 9.99. The molecule has 1 heterocycles. The second-order valence-electron chi connectivity index (χ2n) is 24.3. The number of aliphatic hydroxyl groups is 5. The normalized spacial score (nSPS) is 18.9. The minimum atomic E-state index is -1.62. The lowest BCUT2D eigenvalue weighted by Gasteiger charge is -2.41. The number of carbonyl (C=O) groups is 2. The summed E-state index contributed by atoms with van der Waals surface area (Å²) in [6.45, 7) is 5.76. The second-order valence-corrected chi connectivity index (χ2v) is 24.3. The van der Waals surface area contributed by atoms with E-state index in [4.69, 9.17) is 14.2 Å². The molecule has 1 aliphatic heterocycles. The van der Waals surface area contributed by atoms with Crippen molar-refractivity contribution >= 4 is 11.9 Å². The van der Waals surface area contributed by atoms with E-state index in [1.54, 1.807) is 6.08 Å². The third-order valence-corrected chi connectivity index (χ3v) is 16.3. The van der Waals surface area contributed by atoms with Gasteiger partial charge in [-0.3, -0.25) is 9.59 Å². The molecule has 0 spiro atoms. The molecule has 0 aromatic rings. The highest BCUT2D eigenvalue weighted by Crippen LogP contribution is 2.26. The van der Waals surface area contributed by atoms with Crippen molar-refractivity contribution in [3.8, 4) is 0 Å². The van der Waals surface area contributed by atoms with Crippen LogP contribution in [0.3, 0.4) is 0 Å². The zero-order chi connectivity index (χ0) is 61.0. The Hall–Kier alpha value is -2.90. The molecule has 0 aliphatic carbocycles. The average Bonchev–Trinajstić information content (AvgIpc) is 3.54. The summed E-state index contributed by atoms with van der Waals surface area (Å²) in [5, 5.41) is 57.2. The third-order valence-electron chi connectivity index (χ3n) is 16.3. The molecule has 0 saturated carbocycles. The first kappa shape index (κ1) is 79.1. The fraction of sp³-hybridized carbons (Fsp3) is 0.808. The van der Waals surface area contributed by atoms with Crippen LogP contribution in [0.4, 0.5) is 0 Å². The van der Waals surface area contributed by atoms with Crippen LogP contribution in [0.5, 0.6) is 0 Å². The number of aliphatic hydroxyl groups excluding tert-OH is 5. The molecule has 6 N–H and O–H groups in total. The van der Waals surface area contributed by atoms with E-state index in [1.807, 2.05) is 6.08 Å². The molecule has 0 radical (unpaired) electrons. The Bertz CT molecular complexity index is 1640. The second kappa shape index (κ2) is 60.4. The Kier molecular flexibility index (Phi) is 56.9. The van der Waals surface area contributed by atoms with Gasteiger partial charge in [-0.2, -0.15) is 0 Å². The van der Waals surface area contributed by atoms with E-state index < -0.39 is 67.4 Å². The van der Waals surface area contributed by atoms with Crippen molar-refractivity contribution in [2.24, 2.45) is 0 Å². The molecule has 0 aromatic heterocycles. The van der Waals surface area contributed by atoms with E-state index in [0.717, 1.165) is 89.9 Å². The van der Waals surface area contributed by atoms with Crippen LogP contribution >= 0.6 is 0 Å². The summed E-state index contributed by atoms with van der Waals surface area (Å²) in [7, 11) is 0. The van der Waals surface area contributed by atoms with Gasteiger partial charge in [-0.1, -0.05) is 286 Å². The summed E-state index contributed by atoms with van der Waals surface area (Å²) < 4.78 is 17.7. The van der Waals surface area contributed by atoms with Crippen molar-refractivity contribution in [2.75, 3.05) is 13.2 Å². The van der Waals surface area contributed by atoms with E-state index in [2.05, 4.69) is 86.8 Å². The first-order valence-corrected chi connectivity index (χ1v) is 35.2. The molecule has 11 nitrogen and oxygen atoms in total. The summed E-state index contributed by atoms with van der Waals surface area (Å²) in [6.07, 6.45) is 67.9. The van der Waals surface area contributed by atoms with Crippen molar-refractivity contribution in [2.45, 2.75) is 365 Å². The smallest absolute Gasteiger partial charge is 0.306 e. The van der Waals surface area contributed by atoms with Gasteiger partial charge in [0.15, 0.2) is 12.4 Å². The van der Waals surface area contributed by atoms with Crippen molar-refractivity contribution in [3.63, 3.8) is 0 Å². The monoisotopic (exact) mass is 1180 g/mol. The molecule has 0 aromatic carbocycles. The maximum atomic E-state index is 13.5. The SMILES string of the molecule is CCCCC/C=C\C/C=C\C/C=C\CCCCCCCCCCCCCC(O)C(=O)NC(COC1OC(CO)C(O)C(O)C1OC(=O)CCCCCCCCCCC/C=C\C/C=C\CCCCC)C(O)/C=C/CCCCCCCCCCCC. The highest BCUT2D eigenvalue weighted by atomic mass is 16.7. The number of nitrogens with one attached hydrogen (secondary N) is 1. The Morgan fingerprint density at radius 3 is 1.25 bits per heavy atom. The van der Waals surface area contributed by atoms with Gasteiger partial charge >= 0.3 is 5.97 Å². The highest BCUT2D eigenvalue weighted by Gasteiger charge is 2.47. The molecule has 1 rings (SSSR count). The van der Waals surface area contributed by atoms with Crippen molar-refractivity contribution in [3.05, 3.63) is 72.9 Å². The number of rotatable bonds is 60. The molecule has 488 valence electrons. The predicted octanol–water partition coefficient (Wildman–Crippen LogP) is 17.9. The van der Waals surface area contributed by atoms with E-state index >= 15 is 0 Å². The lowest BCUT2D eigenvalue weighted by Crippen LogP contribution is -2.61. The topological polar surface area (TPSA) is 175 Å². The Labute approximate surface area is 515 Å². The Balaban J connectivity index is 2.59. The highest BCUT2D eigenvalue weighted by molar-refractivity contribution is 5.80. The van der Waals surface area contributed by atoms with E-state index in [9.17, 15) is 35.1 Å². The first-order chi connectivity index (χ1) is 41.2. The van der Waals surface area contributed by atoms with Gasteiger partial charge in [0.2, 0.25) is 5.91 Å². The molecule has 11 heteroatoms. The number of hydrogen-bond donors (Lipinski definition) is 6. The maximum absolute atomic E-state index is 13.5. The molecule has 1 aliphatic rings. The summed E-state index contributed by atoms with van der Waals surface area (Å²) in [4.78, 5) is 26.7. The van der Waals surface area contributed by atoms with Crippen LogP contribution in [0.1, 0.15) is 316 Å². The molecule has 8 atom stereocenters. The van der Waals surface area contributed by atoms with Crippen LogP contribution in [0.15, 0.2) is 72.9 Å². The first-order valence-electron chi connectivity index (χ1n) is 35.2.